The van der Waals surface area contributed by atoms with Crippen LogP contribution >= 0.6 is 11.6 Å². The minimum absolute atomic E-state index is 0.0671. The summed E-state index contributed by atoms with van der Waals surface area (Å²) in [6.07, 6.45) is 1.78. The van der Waals surface area contributed by atoms with Crippen molar-refractivity contribution in [3.63, 3.8) is 0 Å². The number of carboxylic acids is 1. The largest absolute Gasteiger partial charge is 0.481 e. The lowest BCUT2D eigenvalue weighted by molar-refractivity contribution is -0.148. The Balaban J connectivity index is 1.84. The number of halogens is 1. The molecule has 2 saturated heterocycles. The van der Waals surface area contributed by atoms with Crippen LogP contribution in [-0.2, 0) is 4.79 Å². The number of benzene rings is 1. The molecular weight excluding hydrogens is 328 g/mol. The van der Waals surface area contributed by atoms with Crippen LogP contribution in [-0.4, -0.2) is 59.5 Å². The number of amides is 1. The first-order valence-corrected chi connectivity index (χ1v) is 8.38. The average Bonchev–Trinajstić information content (AvgIpc) is 3.04. The van der Waals surface area contributed by atoms with Gasteiger partial charge in [0, 0.05) is 38.6 Å². The molecule has 2 fully saturated rings. The second-order valence-electron chi connectivity index (χ2n) is 6.76. The number of aryl methyl sites for hydroxylation is 1. The zero-order valence-electron chi connectivity index (χ0n) is 13.7. The molecule has 0 aliphatic carbocycles. The summed E-state index contributed by atoms with van der Waals surface area (Å²) in [7, 11) is 0. The Labute approximate surface area is 146 Å². The number of fused-ring (bicyclic) bond motifs is 1. The molecule has 2 heterocycles. The molecular formula is C18H21ClN2O3. The Morgan fingerprint density at radius 2 is 2.17 bits per heavy atom. The van der Waals surface area contributed by atoms with Gasteiger partial charge in [-0.3, -0.25) is 14.5 Å². The molecule has 2 aliphatic rings. The molecule has 5 nitrogen and oxygen atoms in total. The van der Waals surface area contributed by atoms with Crippen LogP contribution in [0, 0.1) is 18.3 Å². The normalized spacial score (nSPS) is 26.4. The average molecular weight is 349 g/mol. The molecule has 3 rings (SSSR count). The first kappa shape index (κ1) is 17.0. The summed E-state index contributed by atoms with van der Waals surface area (Å²) in [6.45, 7) is 8.03. The predicted octanol–water partition coefficient (Wildman–Crippen LogP) is 2.29. The maximum Gasteiger partial charge on any atom is 0.313 e. The molecule has 0 unspecified atom stereocenters. The SMILES string of the molecule is C=CCN1C[C@@H]2CN(C(=O)c3cccc(C)c3Cl)C[C@]2(C(=O)O)C1. The van der Waals surface area contributed by atoms with E-state index in [1.807, 2.05) is 13.0 Å². The molecule has 0 saturated carbocycles. The van der Waals surface area contributed by atoms with E-state index in [2.05, 4.69) is 11.5 Å². The van der Waals surface area contributed by atoms with Gasteiger partial charge in [-0.05, 0) is 18.6 Å². The Bertz CT molecular complexity index is 706. The van der Waals surface area contributed by atoms with Crippen LogP contribution in [0.25, 0.3) is 0 Å². The standard InChI is InChI=1S/C18H21ClN2O3/c1-3-7-20-8-13-9-21(11-18(13,10-20)17(23)24)16(22)14-6-4-5-12(2)15(14)19/h3-6,13H,1,7-11H2,2H3,(H,23,24)/t13-,18-/m1/s1. The summed E-state index contributed by atoms with van der Waals surface area (Å²) < 4.78 is 0. The van der Waals surface area contributed by atoms with Crippen molar-refractivity contribution in [1.29, 1.82) is 0 Å². The van der Waals surface area contributed by atoms with Crippen molar-refractivity contribution in [2.45, 2.75) is 6.92 Å². The highest BCUT2D eigenvalue weighted by molar-refractivity contribution is 6.34. The van der Waals surface area contributed by atoms with E-state index < -0.39 is 11.4 Å². The number of nitrogens with zero attached hydrogens (tertiary/aromatic N) is 2. The minimum atomic E-state index is -0.894. The number of carboxylic acid groups (broad SMARTS) is 1. The number of rotatable bonds is 4. The van der Waals surface area contributed by atoms with Gasteiger partial charge in [0.1, 0.15) is 5.41 Å². The molecule has 0 spiro atoms. The highest BCUT2D eigenvalue weighted by Crippen LogP contribution is 2.43. The number of likely N-dealkylation sites (tertiary alicyclic amines) is 2. The summed E-state index contributed by atoms with van der Waals surface area (Å²) in [5.41, 5.74) is 0.391. The number of hydrogen-bond acceptors (Lipinski definition) is 3. The van der Waals surface area contributed by atoms with Crippen molar-refractivity contribution in [3.8, 4) is 0 Å². The highest BCUT2D eigenvalue weighted by Gasteiger charge is 2.58. The van der Waals surface area contributed by atoms with Crippen LogP contribution in [0.1, 0.15) is 15.9 Å². The van der Waals surface area contributed by atoms with Crippen LogP contribution in [0.3, 0.4) is 0 Å². The summed E-state index contributed by atoms with van der Waals surface area (Å²) in [6, 6.07) is 5.34. The molecule has 2 aliphatic heterocycles. The van der Waals surface area contributed by atoms with Gasteiger partial charge in [0.15, 0.2) is 0 Å². The van der Waals surface area contributed by atoms with Crippen molar-refractivity contribution in [2.24, 2.45) is 11.3 Å². The molecule has 0 radical (unpaired) electrons. The number of aliphatic carboxylic acids is 1. The van der Waals surface area contributed by atoms with Gasteiger partial charge in [0.05, 0.1) is 10.6 Å². The van der Waals surface area contributed by atoms with Gasteiger partial charge < -0.3 is 10.0 Å². The van der Waals surface area contributed by atoms with Gasteiger partial charge in [-0.2, -0.15) is 0 Å². The Hall–Kier alpha value is -1.85. The fourth-order valence-corrected chi connectivity index (χ4v) is 4.14. The third-order valence-corrected chi connectivity index (χ3v) is 5.70. The van der Waals surface area contributed by atoms with Crippen LogP contribution in [0.2, 0.25) is 5.02 Å². The van der Waals surface area contributed by atoms with E-state index in [-0.39, 0.29) is 18.4 Å². The molecule has 128 valence electrons. The number of carbonyl (C=O) groups excluding carboxylic acids is 1. The van der Waals surface area contributed by atoms with Crippen molar-refractivity contribution >= 4 is 23.5 Å². The number of carbonyl (C=O) groups is 2. The zero-order chi connectivity index (χ0) is 17.5. The van der Waals surface area contributed by atoms with Crippen molar-refractivity contribution in [1.82, 2.24) is 9.80 Å². The summed E-state index contributed by atoms with van der Waals surface area (Å²) in [5, 5.41) is 10.3. The van der Waals surface area contributed by atoms with Crippen LogP contribution in [0.15, 0.2) is 30.9 Å². The molecule has 6 heteroatoms. The zero-order valence-corrected chi connectivity index (χ0v) is 14.4. The maximum absolute atomic E-state index is 12.8. The predicted molar refractivity (Wildman–Crippen MR) is 92.3 cm³/mol. The lowest BCUT2D eigenvalue weighted by atomic mass is 9.81. The van der Waals surface area contributed by atoms with Gasteiger partial charge >= 0.3 is 5.97 Å². The smallest absolute Gasteiger partial charge is 0.313 e. The monoisotopic (exact) mass is 348 g/mol. The fourth-order valence-electron chi connectivity index (χ4n) is 3.93. The molecule has 2 atom stereocenters. The first-order chi connectivity index (χ1) is 11.4. The van der Waals surface area contributed by atoms with Gasteiger partial charge in [-0.15, -0.1) is 6.58 Å². The van der Waals surface area contributed by atoms with Gasteiger partial charge in [0.2, 0.25) is 0 Å². The molecule has 24 heavy (non-hydrogen) atoms. The third kappa shape index (κ3) is 2.62. The Morgan fingerprint density at radius 1 is 1.42 bits per heavy atom. The van der Waals surface area contributed by atoms with E-state index in [0.717, 1.165) is 5.56 Å². The van der Waals surface area contributed by atoms with Gasteiger partial charge in [-0.25, -0.2) is 0 Å². The van der Waals surface area contributed by atoms with Crippen molar-refractivity contribution in [2.75, 3.05) is 32.7 Å². The molecule has 1 aromatic carbocycles. The maximum atomic E-state index is 12.8. The van der Waals surface area contributed by atoms with Gasteiger partial charge in [-0.1, -0.05) is 29.8 Å². The molecule has 1 N–H and O–H groups in total. The lowest BCUT2D eigenvalue weighted by Crippen LogP contribution is -2.42. The lowest BCUT2D eigenvalue weighted by Gasteiger charge is -2.25. The highest BCUT2D eigenvalue weighted by atomic mass is 35.5. The van der Waals surface area contributed by atoms with E-state index >= 15 is 0 Å². The molecule has 1 aromatic rings. The molecule has 0 bridgehead atoms. The quantitative estimate of drug-likeness (QED) is 0.848. The third-order valence-electron chi connectivity index (χ3n) is 5.20. The summed E-state index contributed by atoms with van der Waals surface area (Å²) in [5.74, 6) is -1.08. The topological polar surface area (TPSA) is 60.9 Å². The second-order valence-corrected chi connectivity index (χ2v) is 7.14. The van der Waals surface area contributed by atoms with E-state index in [1.54, 1.807) is 23.1 Å². The number of hydrogen-bond donors (Lipinski definition) is 1. The van der Waals surface area contributed by atoms with Crippen LogP contribution < -0.4 is 0 Å². The summed E-state index contributed by atoms with van der Waals surface area (Å²) >= 11 is 6.27. The van der Waals surface area contributed by atoms with Crippen molar-refractivity contribution < 1.29 is 14.7 Å². The second kappa shape index (κ2) is 6.22. The molecule has 0 aromatic heterocycles. The van der Waals surface area contributed by atoms with E-state index in [1.165, 1.54) is 0 Å². The Kier molecular flexibility index (Phi) is 4.40. The fraction of sp³-hybridized carbons (Fsp3) is 0.444. The van der Waals surface area contributed by atoms with Gasteiger partial charge in [0.25, 0.3) is 5.91 Å². The van der Waals surface area contributed by atoms with E-state index in [0.29, 0.717) is 36.8 Å². The Morgan fingerprint density at radius 3 is 2.79 bits per heavy atom. The van der Waals surface area contributed by atoms with Crippen LogP contribution in [0.4, 0.5) is 0 Å². The van der Waals surface area contributed by atoms with Crippen molar-refractivity contribution in [3.05, 3.63) is 47.0 Å². The van der Waals surface area contributed by atoms with E-state index in [9.17, 15) is 14.7 Å². The minimum Gasteiger partial charge on any atom is -0.481 e. The first-order valence-electron chi connectivity index (χ1n) is 8.00. The van der Waals surface area contributed by atoms with Crippen LogP contribution in [0.5, 0.6) is 0 Å². The van der Waals surface area contributed by atoms with E-state index in [4.69, 9.17) is 11.6 Å². The summed E-state index contributed by atoms with van der Waals surface area (Å²) in [4.78, 5) is 28.5. The molecule has 1 amide bonds.